The zero-order valence-electron chi connectivity index (χ0n) is 28.8. The molecule has 2 aromatic carbocycles. The molecule has 2 aromatic heterocycles. The first-order chi connectivity index (χ1) is 22.8. The van der Waals surface area contributed by atoms with Crippen LogP contribution in [-0.4, -0.2) is 66.9 Å². The Balaban J connectivity index is 0.000000261. The summed E-state index contributed by atoms with van der Waals surface area (Å²) in [5.41, 5.74) is 7.28. The number of phenolic OH excluding ortho intramolecular Hbond substituents is 2. The predicted molar refractivity (Wildman–Crippen MR) is 185 cm³/mol. The van der Waals surface area contributed by atoms with E-state index in [2.05, 4.69) is 30.6 Å². The molecule has 0 aliphatic rings. The van der Waals surface area contributed by atoms with Crippen LogP contribution in [0.1, 0.15) is 85.5 Å². The number of aryl methyl sites for hydroxylation is 8. The van der Waals surface area contributed by atoms with Crippen LogP contribution in [0.2, 0.25) is 0 Å². The molecule has 0 aliphatic heterocycles. The lowest BCUT2D eigenvalue weighted by Crippen LogP contribution is -2.14. The molecule has 0 atom stereocenters. The van der Waals surface area contributed by atoms with Gasteiger partial charge in [-0.2, -0.15) is 0 Å². The molecule has 2 heterocycles. The van der Waals surface area contributed by atoms with Crippen molar-refractivity contribution < 1.29 is 29.6 Å². The summed E-state index contributed by atoms with van der Waals surface area (Å²) in [5.74, 6) is 0.123. The molecule has 0 amide bonds. The quantitative estimate of drug-likeness (QED) is 0.0815. The van der Waals surface area contributed by atoms with E-state index in [1.54, 1.807) is 58.9 Å². The summed E-state index contributed by atoms with van der Waals surface area (Å²) >= 11 is 0. The van der Waals surface area contributed by atoms with Gasteiger partial charge in [0.05, 0.1) is 29.4 Å². The van der Waals surface area contributed by atoms with E-state index in [-0.39, 0.29) is 23.0 Å². The number of aromatic carboxylic acids is 1. The van der Waals surface area contributed by atoms with Gasteiger partial charge in [-0.1, -0.05) is 12.1 Å². The fraction of sp³-hybridized carbons (Fsp3) is 0.389. The second-order valence-corrected chi connectivity index (χ2v) is 11.5. The number of carbonyl (C=O) groups is 2. The Hall–Kier alpha value is -5.26. The smallest absolute Gasteiger partial charge is 0.341 e. The maximum atomic E-state index is 11.9. The van der Waals surface area contributed by atoms with Crippen LogP contribution in [0.4, 0.5) is 11.9 Å². The van der Waals surface area contributed by atoms with E-state index < -0.39 is 5.97 Å². The summed E-state index contributed by atoms with van der Waals surface area (Å²) in [4.78, 5) is 40.1. The van der Waals surface area contributed by atoms with Crippen LogP contribution in [0.5, 0.6) is 11.5 Å². The second kappa shape index (κ2) is 17.6. The number of nitrogens with zero attached hydrogens (tertiary/aromatic N) is 4. The molecule has 0 fully saturated rings. The topological polar surface area (TPSA) is 180 Å². The van der Waals surface area contributed by atoms with Crippen LogP contribution < -0.4 is 10.6 Å². The first kappa shape index (κ1) is 37.2. The molecular weight excluding hydrogens is 612 g/mol. The standard InChI is InChI=1S/C19H25N3O3.C17H21N3O3/c1-5-25-18(24)17-13(3)21-19(22-14(17)4)20-10-6-7-15-11-16(23)9-8-12(15)2;1-10-6-7-14(21)9-13(10)5-4-8-18-17-19-11(2)15(16(22)23)12(3)20-17/h8-9,11,23H,5-7,10H2,1-4H3,(H,20,21,22);6-7,9,21H,4-5,8H2,1-3H3,(H,22,23)(H,18,19,20). The summed E-state index contributed by atoms with van der Waals surface area (Å²) in [5, 5.41) is 34.5. The molecule has 0 saturated carbocycles. The van der Waals surface area contributed by atoms with Crippen molar-refractivity contribution in [1.29, 1.82) is 0 Å². The number of aromatic hydroxyl groups is 2. The number of phenols is 2. The minimum atomic E-state index is -1.01. The monoisotopic (exact) mass is 658 g/mol. The van der Waals surface area contributed by atoms with Crippen LogP contribution in [0, 0.1) is 41.5 Å². The molecule has 0 saturated heterocycles. The summed E-state index contributed by atoms with van der Waals surface area (Å²) in [7, 11) is 0. The highest BCUT2D eigenvalue weighted by molar-refractivity contribution is 5.92. The fourth-order valence-electron chi connectivity index (χ4n) is 5.21. The number of rotatable bonds is 13. The van der Waals surface area contributed by atoms with Gasteiger partial charge in [0.15, 0.2) is 0 Å². The van der Waals surface area contributed by atoms with Gasteiger partial charge in [-0.15, -0.1) is 0 Å². The van der Waals surface area contributed by atoms with Crippen molar-refractivity contribution in [2.24, 2.45) is 0 Å². The molecule has 0 unspecified atom stereocenters. The van der Waals surface area contributed by atoms with Gasteiger partial charge >= 0.3 is 11.9 Å². The average Bonchev–Trinajstić information content (AvgIpc) is 3.00. The van der Waals surface area contributed by atoms with Gasteiger partial charge in [-0.3, -0.25) is 0 Å². The van der Waals surface area contributed by atoms with Crippen LogP contribution >= 0.6 is 0 Å². The first-order valence-corrected chi connectivity index (χ1v) is 16.0. The van der Waals surface area contributed by atoms with Crippen molar-refractivity contribution in [3.63, 3.8) is 0 Å². The number of benzene rings is 2. The highest BCUT2D eigenvalue weighted by Crippen LogP contribution is 2.19. The van der Waals surface area contributed by atoms with Crippen LogP contribution in [0.25, 0.3) is 0 Å². The molecule has 12 nitrogen and oxygen atoms in total. The maximum Gasteiger partial charge on any atom is 0.341 e. The highest BCUT2D eigenvalue weighted by atomic mass is 16.5. The number of aromatic nitrogens is 4. The molecule has 0 radical (unpaired) electrons. The Morgan fingerprint density at radius 2 is 1.06 bits per heavy atom. The molecular formula is C36H46N6O6. The Bertz CT molecular complexity index is 1700. The van der Waals surface area contributed by atoms with E-state index in [1.807, 2.05) is 26.0 Å². The summed E-state index contributed by atoms with van der Waals surface area (Å²) in [6.07, 6.45) is 3.42. The zero-order valence-corrected chi connectivity index (χ0v) is 28.8. The zero-order chi connectivity index (χ0) is 35.4. The molecule has 0 aliphatic carbocycles. The third kappa shape index (κ3) is 10.6. The number of carbonyl (C=O) groups excluding carboxylic acids is 1. The fourth-order valence-corrected chi connectivity index (χ4v) is 5.21. The Labute approximate surface area is 281 Å². The number of esters is 1. The van der Waals surface area contributed by atoms with Crippen LogP contribution in [0.3, 0.4) is 0 Å². The van der Waals surface area contributed by atoms with E-state index in [0.717, 1.165) is 42.4 Å². The van der Waals surface area contributed by atoms with Crippen molar-refractivity contribution in [3.05, 3.63) is 92.6 Å². The number of ether oxygens (including phenoxy) is 1. The van der Waals surface area contributed by atoms with Crippen molar-refractivity contribution >= 4 is 23.8 Å². The van der Waals surface area contributed by atoms with Crippen LogP contribution in [0.15, 0.2) is 36.4 Å². The molecule has 0 spiro atoms. The molecule has 12 heteroatoms. The molecule has 256 valence electrons. The van der Waals surface area contributed by atoms with Gasteiger partial charge in [-0.05, 0) is 121 Å². The molecule has 0 bridgehead atoms. The van der Waals surface area contributed by atoms with E-state index in [0.29, 0.717) is 59.9 Å². The largest absolute Gasteiger partial charge is 0.508 e. The predicted octanol–water partition coefficient (Wildman–Crippen LogP) is 6.18. The van der Waals surface area contributed by atoms with E-state index in [1.165, 1.54) is 5.56 Å². The normalized spacial score (nSPS) is 10.6. The van der Waals surface area contributed by atoms with E-state index in [9.17, 15) is 19.8 Å². The Morgan fingerprint density at radius 1 is 0.667 bits per heavy atom. The Kier molecular flexibility index (Phi) is 13.6. The van der Waals surface area contributed by atoms with Crippen molar-refractivity contribution in [2.45, 2.75) is 74.1 Å². The summed E-state index contributed by atoms with van der Waals surface area (Å²) in [6, 6.07) is 10.8. The number of anilines is 2. The molecule has 4 aromatic rings. The van der Waals surface area contributed by atoms with E-state index >= 15 is 0 Å². The first-order valence-electron chi connectivity index (χ1n) is 16.0. The molecule has 48 heavy (non-hydrogen) atoms. The van der Waals surface area contributed by atoms with Crippen molar-refractivity contribution in [2.75, 3.05) is 30.3 Å². The lowest BCUT2D eigenvalue weighted by atomic mass is 10.0. The lowest BCUT2D eigenvalue weighted by molar-refractivity contribution is 0.0523. The van der Waals surface area contributed by atoms with Gasteiger partial charge in [0, 0.05) is 13.1 Å². The Morgan fingerprint density at radius 3 is 1.44 bits per heavy atom. The minimum Gasteiger partial charge on any atom is -0.508 e. The summed E-state index contributed by atoms with van der Waals surface area (Å²) in [6.45, 7) is 14.4. The maximum absolute atomic E-state index is 11.9. The summed E-state index contributed by atoms with van der Waals surface area (Å²) < 4.78 is 5.04. The average molecular weight is 659 g/mol. The molecule has 4 rings (SSSR count). The van der Waals surface area contributed by atoms with Gasteiger partial charge in [-0.25, -0.2) is 29.5 Å². The third-order valence-corrected chi connectivity index (χ3v) is 7.71. The van der Waals surface area contributed by atoms with E-state index in [4.69, 9.17) is 9.84 Å². The minimum absolute atomic E-state index is 0.158. The van der Waals surface area contributed by atoms with Gasteiger partial charge in [0.1, 0.15) is 22.6 Å². The molecule has 5 N–H and O–H groups in total. The van der Waals surface area contributed by atoms with Gasteiger partial charge in [0.25, 0.3) is 0 Å². The number of carboxylic acid groups (broad SMARTS) is 1. The number of hydrogen-bond donors (Lipinski definition) is 5. The number of hydrogen-bond acceptors (Lipinski definition) is 11. The van der Waals surface area contributed by atoms with Crippen LogP contribution in [-0.2, 0) is 17.6 Å². The van der Waals surface area contributed by atoms with Crippen molar-refractivity contribution in [3.8, 4) is 11.5 Å². The lowest BCUT2D eigenvalue weighted by Gasteiger charge is -2.11. The number of nitrogens with one attached hydrogen (secondary N) is 2. The number of carboxylic acids is 1. The SMILES string of the molecule is CCOC(=O)c1c(C)nc(NCCCc2cc(O)ccc2C)nc1C.Cc1ccc(O)cc1CCCNc1nc(C)c(C(=O)O)c(C)n1. The third-order valence-electron chi connectivity index (χ3n) is 7.71. The second-order valence-electron chi connectivity index (χ2n) is 11.5. The van der Waals surface area contributed by atoms with Gasteiger partial charge in [0.2, 0.25) is 11.9 Å². The van der Waals surface area contributed by atoms with Gasteiger partial charge < -0.3 is 30.7 Å². The van der Waals surface area contributed by atoms with Crippen molar-refractivity contribution in [1.82, 2.24) is 19.9 Å². The highest BCUT2D eigenvalue weighted by Gasteiger charge is 2.17.